The van der Waals surface area contributed by atoms with Crippen LogP contribution in [0.15, 0.2) is 48.5 Å². The van der Waals surface area contributed by atoms with E-state index in [0.717, 1.165) is 32.5 Å². The Morgan fingerprint density at radius 2 is 1.93 bits per heavy atom. The Morgan fingerprint density at radius 1 is 1.15 bits per heavy atom. The minimum absolute atomic E-state index is 0.198. The van der Waals surface area contributed by atoms with E-state index in [9.17, 15) is 4.79 Å². The zero-order valence-corrected chi connectivity index (χ0v) is 15.6. The van der Waals surface area contributed by atoms with E-state index < -0.39 is 0 Å². The molecule has 1 atom stereocenters. The second-order valence-electron chi connectivity index (χ2n) is 6.53. The standard InChI is InChI=1S/C21H26N2O4/c1-25-19-6-2-3-7-20(19)27-18-10-8-17(9-11-18)23-21(24)22-13-4-5-16-12-14-26-15-16/h2-3,6-11,16H,4-5,12-15H2,1H3,(H2,22,23,24)/t16-/m0/s1. The SMILES string of the molecule is COc1ccccc1Oc1ccc(NC(=O)NCCC[C@H]2CCOC2)cc1. The first-order chi connectivity index (χ1) is 13.2. The minimum Gasteiger partial charge on any atom is -0.493 e. The summed E-state index contributed by atoms with van der Waals surface area (Å²) in [6, 6.07) is 14.5. The van der Waals surface area contributed by atoms with Crippen molar-refractivity contribution in [2.24, 2.45) is 5.92 Å². The van der Waals surface area contributed by atoms with Gasteiger partial charge in [0.2, 0.25) is 0 Å². The first-order valence-electron chi connectivity index (χ1n) is 9.28. The van der Waals surface area contributed by atoms with Gasteiger partial charge in [-0.05, 0) is 61.6 Å². The van der Waals surface area contributed by atoms with Crippen LogP contribution in [0.3, 0.4) is 0 Å². The van der Waals surface area contributed by atoms with Gasteiger partial charge in [0.05, 0.1) is 7.11 Å². The number of urea groups is 1. The Balaban J connectivity index is 1.42. The predicted octanol–water partition coefficient (Wildman–Crippen LogP) is 4.43. The van der Waals surface area contributed by atoms with Gasteiger partial charge in [-0.1, -0.05) is 12.1 Å². The van der Waals surface area contributed by atoms with Gasteiger partial charge in [-0.15, -0.1) is 0 Å². The van der Waals surface area contributed by atoms with Crippen LogP contribution in [-0.4, -0.2) is 32.9 Å². The molecule has 0 unspecified atom stereocenters. The summed E-state index contributed by atoms with van der Waals surface area (Å²) >= 11 is 0. The van der Waals surface area contributed by atoms with E-state index >= 15 is 0 Å². The molecule has 6 nitrogen and oxygen atoms in total. The minimum atomic E-state index is -0.198. The molecule has 144 valence electrons. The lowest BCUT2D eigenvalue weighted by atomic mass is 10.0. The van der Waals surface area contributed by atoms with Gasteiger partial charge in [0.25, 0.3) is 0 Å². The third kappa shape index (κ3) is 5.89. The lowest BCUT2D eigenvalue weighted by Crippen LogP contribution is -2.29. The van der Waals surface area contributed by atoms with Crippen LogP contribution in [0.2, 0.25) is 0 Å². The number of methoxy groups -OCH3 is 1. The van der Waals surface area contributed by atoms with E-state index in [0.29, 0.717) is 35.4 Å². The highest BCUT2D eigenvalue weighted by atomic mass is 16.5. The van der Waals surface area contributed by atoms with Crippen LogP contribution in [0.25, 0.3) is 0 Å². The molecule has 0 radical (unpaired) electrons. The fourth-order valence-electron chi connectivity index (χ4n) is 3.02. The van der Waals surface area contributed by atoms with Gasteiger partial charge in [-0.3, -0.25) is 0 Å². The number of carbonyl (C=O) groups is 1. The van der Waals surface area contributed by atoms with E-state index in [-0.39, 0.29) is 6.03 Å². The number of hydrogen-bond donors (Lipinski definition) is 2. The Morgan fingerprint density at radius 3 is 2.63 bits per heavy atom. The van der Waals surface area contributed by atoms with Crippen LogP contribution < -0.4 is 20.1 Å². The smallest absolute Gasteiger partial charge is 0.319 e. The lowest BCUT2D eigenvalue weighted by Gasteiger charge is -2.11. The summed E-state index contributed by atoms with van der Waals surface area (Å²) in [4.78, 5) is 12.0. The molecule has 2 N–H and O–H groups in total. The van der Waals surface area contributed by atoms with Crippen molar-refractivity contribution in [2.75, 3.05) is 32.2 Å². The highest BCUT2D eigenvalue weighted by Crippen LogP contribution is 2.31. The quantitative estimate of drug-likeness (QED) is 0.675. The van der Waals surface area contributed by atoms with Crippen molar-refractivity contribution in [2.45, 2.75) is 19.3 Å². The summed E-state index contributed by atoms with van der Waals surface area (Å²) in [6.45, 7) is 2.39. The second kappa shape index (κ2) is 9.83. The Labute approximate surface area is 159 Å². The summed E-state index contributed by atoms with van der Waals surface area (Å²) < 4.78 is 16.5. The number of carbonyl (C=O) groups excluding carboxylic acids is 1. The molecule has 2 aromatic rings. The molecule has 3 rings (SSSR count). The largest absolute Gasteiger partial charge is 0.493 e. The average molecular weight is 370 g/mol. The van der Waals surface area contributed by atoms with Crippen molar-refractivity contribution in [3.63, 3.8) is 0 Å². The Hall–Kier alpha value is -2.73. The summed E-state index contributed by atoms with van der Waals surface area (Å²) in [5, 5.41) is 5.71. The number of benzene rings is 2. The molecule has 0 bridgehead atoms. The van der Waals surface area contributed by atoms with Gasteiger partial charge < -0.3 is 24.8 Å². The number of amides is 2. The molecule has 1 aliphatic heterocycles. The van der Waals surface area contributed by atoms with Crippen molar-refractivity contribution in [3.8, 4) is 17.2 Å². The maximum absolute atomic E-state index is 12.0. The highest BCUT2D eigenvalue weighted by molar-refractivity contribution is 5.89. The number of para-hydroxylation sites is 2. The van der Waals surface area contributed by atoms with Crippen molar-refractivity contribution in [1.82, 2.24) is 5.32 Å². The summed E-state index contributed by atoms with van der Waals surface area (Å²) in [7, 11) is 1.61. The van der Waals surface area contributed by atoms with Crippen LogP contribution in [-0.2, 0) is 4.74 Å². The third-order valence-electron chi connectivity index (χ3n) is 4.51. The molecular formula is C21H26N2O4. The van der Waals surface area contributed by atoms with E-state index in [1.165, 1.54) is 0 Å². The zero-order valence-electron chi connectivity index (χ0n) is 15.6. The van der Waals surface area contributed by atoms with Crippen LogP contribution in [0, 0.1) is 5.92 Å². The van der Waals surface area contributed by atoms with E-state index in [1.54, 1.807) is 19.2 Å². The highest BCUT2D eigenvalue weighted by Gasteiger charge is 2.14. The number of rotatable bonds is 8. The summed E-state index contributed by atoms with van der Waals surface area (Å²) in [5.41, 5.74) is 0.712. The zero-order chi connectivity index (χ0) is 18.9. The van der Waals surface area contributed by atoms with Crippen LogP contribution in [0.4, 0.5) is 10.5 Å². The number of hydrogen-bond acceptors (Lipinski definition) is 4. The molecule has 6 heteroatoms. The van der Waals surface area contributed by atoms with Gasteiger partial charge in [0.1, 0.15) is 5.75 Å². The maximum Gasteiger partial charge on any atom is 0.319 e. The van der Waals surface area contributed by atoms with Crippen LogP contribution >= 0.6 is 0 Å². The molecule has 1 fully saturated rings. The van der Waals surface area contributed by atoms with Crippen LogP contribution in [0.1, 0.15) is 19.3 Å². The molecule has 27 heavy (non-hydrogen) atoms. The molecule has 0 spiro atoms. The number of nitrogens with one attached hydrogen (secondary N) is 2. The number of anilines is 1. The van der Waals surface area contributed by atoms with Crippen LogP contribution in [0.5, 0.6) is 17.2 Å². The number of ether oxygens (including phenoxy) is 3. The first kappa shape index (κ1) is 19.0. The monoisotopic (exact) mass is 370 g/mol. The van der Waals surface area contributed by atoms with Crippen molar-refractivity contribution < 1.29 is 19.0 Å². The average Bonchev–Trinajstić information content (AvgIpc) is 3.21. The molecule has 2 amide bonds. The van der Waals surface area contributed by atoms with Gasteiger partial charge in [-0.2, -0.15) is 0 Å². The normalized spacial score (nSPS) is 16.0. The predicted molar refractivity (Wildman–Crippen MR) is 105 cm³/mol. The van der Waals surface area contributed by atoms with Gasteiger partial charge in [0, 0.05) is 25.4 Å². The topological polar surface area (TPSA) is 68.8 Å². The molecule has 2 aromatic carbocycles. The maximum atomic E-state index is 12.0. The Bertz CT molecular complexity index is 727. The molecule has 0 aliphatic carbocycles. The van der Waals surface area contributed by atoms with E-state index in [4.69, 9.17) is 14.2 Å². The van der Waals surface area contributed by atoms with Crippen molar-refractivity contribution in [3.05, 3.63) is 48.5 Å². The van der Waals surface area contributed by atoms with Crippen molar-refractivity contribution >= 4 is 11.7 Å². The molecule has 1 saturated heterocycles. The molecule has 0 aromatic heterocycles. The molecule has 0 saturated carbocycles. The van der Waals surface area contributed by atoms with E-state index in [1.807, 2.05) is 36.4 Å². The molecule has 1 aliphatic rings. The fraction of sp³-hybridized carbons (Fsp3) is 0.381. The van der Waals surface area contributed by atoms with Gasteiger partial charge in [0.15, 0.2) is 11.5 Å². The first-order valence-corrected chi connectivity index (χ1v) is 9.28. The lowest BCUT2D eigenvalue weighted by molar-refractivity contribution is 0.184. The molecular weight excluding hydrogens is 344 g/mol. The van der Waals surface area contributed by atoms with Gasteiger partial charge >= 0.3 is 6.03 Å². The fourth-order valence-corrected chi connectivity index (χ4v) is 3.02. The van der Waals surface area contributed by atoms with E-state index in [2.05, 4.69) is 10.6 Å². The third-order valence-corrected chi connectivity index (χ3v) is 4.51. The van der Waals surface area contributed by atoms with Crippen molar-refractivity contribution in [1.29, 1.82) is 0 Å². The Kier molecular flexibility index (Phi) is 6.93. The second-order valence-corrected chi connectivity index (χ2v) is 6.53. The summed E-state index contributed by atoms with van der Waals surface area (Å²) in [6.07, 6.45) is 3.19. The molecule has 1 heterocycles. The summed E-state index contributed by atoms with van der Waals surface area (Å²) in [5.74, 6) is 2.63. The van der Waals surface area contributed by atoms with Gasteiger partial charge in [-0.25, -0.2) is 4.79 Å².